The van der Waals surface area contributed by atoms with Gasteiger partial charge in [-0.25, -0.2) is 4.68 Å². The summed E-state index contributed by atoms with van der Waals surface area (Å²) in [6, 6.07) is 6.31. The summed E-state index contributed by atoms with van der Waals surface area (Å²) in [4.78, 5) is 15.0. The highest BCUT2D eigenvalue weighted by atomic mass is 16.1. The molecule has 0 atom stereocenters. The standard InChI is InChI=1S/C18H24N4O/c1-12-7-8-14-15(11-12)21(5)17-16(14)13(2)19-22(18(17)23)10-6-9-20(3)4/h7-8,11H,6,9-10H2,1-5H3. The topological polar surface area (TPSA) is 43.1 Å². The molecule has 23 heavy (non-hydrogen) atoms. The van der Waals surface area contributed by atoms with Crippen molar-refractivity contribution in [2.75, 3.05) is 20.6 Å². The van der Waals surface area contributed by atoms with Gasteiger partial charge in [0.15, 0.2) is 0 Å². The van der Waals surface area contributed by atoms with Crippen molar-refractivity contribution in [3.8, 4) is 0 Å². The van der Waals surface area contributed by atoms with Gasteiger partial charge in [-0.1, -0.05) is 12.1 Å². The minimum absolute atomic E-state index is 0.000657. The van der Waals surface area contributed by atoms with Crippen molar-refractivity contribution < 1.29 is 0 Å². The molecule has 3 aromatic rings. The molecule has 0 spiro atoms. The average Bonchev–Trinajstić information content (AvgIpc) is 2.77. The molecule has 0 aliphatic carbocycles. The highest BCUT2D eigenvalue weighted by molar-refractivity contribution is 6.08. The number of aromatic nitrogens is 3. The molecule has 0 saturated heterocycles. The fourth-order valence-electron chi connectivity index (χ4n) is 3.25. The van der Waals surface area contributed by atoms with Crippen LogP contribution in [-0.2, 0) is 13.6 Å². The van der Waals surface area contributed by atoms with E-state index < -0.39 is 0 Å². The van der Waals surface area contributed by atoms with Gasteiger partial charge in [0.1, 0.15) is 5.52 Å². The van der Waals surface area contributed by atoms with Crippen LogP contribution in [0.2, 0.25) is 0 Å². The van der Waals surface area contributed by atoms with Gasteiger partial charge in [0.25, 0.3) is 5.56 Å². The molecule has 0 fully saturated rings. The maximum Gasteiger partial charge on any atom is 0.291 e. The Morgan fingerprint density at radius 3 is 2.65 bits per heavy atom. The molecule has 1 aromatic carbocycles. The largest absolute Gasteiger partial charge is 0.339 e. The molecule has 0 unspecified atom stereocenters. The van der Waals surface area contributed by atoms with Crippen molar-refractivity contribution in [3.63, 3.8) is 0 Å². The van der Waals surface area contributed by atoms with E-state index in [4.69, 9.17) is 0 Å². The number of benzene rings is 1. The third-order valence-corrected chi connectivity index (χ3v) is 4.40. The van der Waals surface area contributed by atoms with Crippen LogP contribution in [0.5, 0.6) is 0 Å². The molecule has 0 bridgehead atoms. The molecule has 2 aromatic heterocycles. The molecule has 0 radical (unpaired) electrons. The number of aryl methyl sites for hydroxylation is 4. The zero-order valence-electron chi connectivity index (χ0n) is 14.6. The lowest BCUT2D eigenvalue weighted by molar-refractivity contribution is 0.377. The van der Waals surface area contributed by atoms with Crippen LogP contribution in [-0.4, -0.2) is 39.9 Å². The first-order chi connectivity index (χ1) is 10.9. The first-order valence-corrected chi connectivity index (χ1v) is 8.01. The van der Waals surface area contributed by atoms with Gasteiger partial charge >= 0.3 is 0 Å². The van der Waals surface area contributed by atoms with Crippen molar-refractivity contribution in [1.29, 1.82) is 0 Å². The number of rotatable bonds is 4. The summed E-state index contributed by atoms with van der Waals surface area (Å²) in [5.74, 6) is 0. The Labute approximate surface area is 136 Å². The normalized spacial score (nSPS) is 11.9. The van der Waals surface area contributed by atoms with Gasteiger partial charge in [0.05, 0.1) is 5.69 Å². The van der Waals surface area contributed by atoms with E-state index in [1.807, 2.05) is 32.6 Å². The summed E-state index contributed by atoms with van der Waals surface area (Å²) in [5.41, 5.74) is 3.95. The third kappa shape index (κ3) is 2.65. The molecular weight excluding hydrogens is 288 g/mol. The SMILES string of the molecule is Cc1ccc2c3c(C)nn(CCCN(C)C)c(=O)c3n(C)c2c1. The maximum atomic E-state index is 12.9. The quantitative estimate of drug-likeness (QED) is 0.743. The molecule has 0 N–H and O–H groups in total. The Kier molecular flexibility index (Phi) is 3.98. The van der Waals surface area contributed by atoms with Crippen LogP contribution in [0.1, 0.15) is 17.7 Å². The van der Waals surface area contributed by atoms with Crippen LogP contribution in [0.3, 0.4) is 0 Å². The van der Waals surface area contributed by atoms with Gasteiger partial charge in [-0.05, 0) is 52.5 Å². The average molecular weight is 312 g/mol. The third-order valence-electron chi connectivity index (χ3n) is 4.40. The predicted octanol–water partition coefficient (Wildman–Crippen LogP) is 2.46. The lowest BCUT2D eigenvalue weighted by Gasteiger charge is -2.11. The second-order valence-electron chi connectivity index (χ2n) is 6.57. The van der Waals surface area contributed by atoms with E-state index in [-0.39, 0.29) is 5.56 Å². The summed E-state index contributed by atoms with van der Waals surface area (Å²) in [6.07, 6.45) is 0.911. The lowest BCUT2D eigenvalue weighted by atomic mass is 10.1. The first kappa shape index (κ1) is 15.7. The summed E-state index contributed by atoms with van der Waals surface area (Å²) in [7, 11) is 6.04. The number of fused-ring (bicyclic) bond motifs is 3. The van der Waals surface area contributed by atoms with Gasteiger partial charge < -0.3 is 9.47 Å². The molecule has 3 rings (SSSR count). The van der Waals surface area contributed by atoms with E-state index >= 15 is 0 Å². The first-order valence-electron chi connectivity index (χ1n) is 8.01. The van der Waals surface area contributed by atoms with E-state index in [0.29, 0.717) is 6.54 Å². The number of nitrogens with zero attached hydrogens (tertiary/aromatic N) is 4. The van der Waals surface area contributed by atoms with Crippen molar-refractivity contribution >= 4 is 21.8 Å². The zero-order chi connectivity index (χ0) is 16.7. The molecule has 122 valence electrons. The van der Waals surface area contributed by atoms with Crippen molar-refractivity contribution in [1.82, 2.24) is 19.2 Å². The molecule has 0 amide bonds. The predicted molar refractivity (Wildman–Crippen MR) is 95.1 cm³/mol. The minimum Gasteiger partial charge on any atom is -0.339 e. The Balaban J connectivity index is 2.21. The van der Waals surface area contributed by atoms with Gasteiger partial charge in [-0.15, -0.1) is 0 Å². The van der Waals surface area contributed by atoms with Gasteiger partial charge in [-0.3, -0.25) is 4.79 Å². The van der Waals surface area contributed by atoms with E-state index in [1.165, 1.54) is 5.56 Å². The molecule has 5 nitrogen and oxygen atoms in total. The minimum atomic E-state index is 0.000657. The smallest absolute Gasteiger partial charge is 0.291 e. The van der Waals surface area contributed by atoms with Crippen molar-refractivity contribution in [2.24, 2.45) is 7.05 Å². The zero-order valence-corrected chi connectivity index (χ0v) is 14.6. The second kappa shape index (κ2) is 5.81. The van der Waals surface area contributed by atoms with Crippen LogP contribution in [0.25, 0.3) is 21.8 Å². The van der Waals surface area contributed by atoms with Gasteiger partial charge in [-0.2, -0.15) is 5.10 Å². The molecular formula is C18H24N4O. The molecule has 0 aliphatic rings. The Hall–Kier alpha value is -2.14. The van der Waals surface area contributed by atoms with Crippen LogP contribution in [0.4, 0.5) is 0 Å². The number of hydrogen-bond donors (Lipinski definition) is 0. The van der Waals surface area contributed by atoms with Crippen LogP contribution >= 0.6 is 0 Å². The lowest BCUT2D eigenvalue weighted by Crippen LogP contribution is -2.27. The van der Waals surface area contributed by atoms with E-state index in [2.05, 4.69) is 35.1 Å². The van der Waals surface area contributed by atoms with Crippen molar-refractivity contribution in [2.45, 2.75) is 26.8 Å². The monoisotopic (exact) mass is 312 g/mol. The highest BCUT2D eigenvalue weighted by Gasteiger charge is 2.16. The summed E-state index contributed by atoms with van der Waals surface area (Å²) < 4.78 is 3.63. The fraction of sp³-hybridized carbons (Fsp3) is 0.444. The second-order valence-corrected chi connectivity index (χ2v) is 6.57. The van der Waals surface area contributed by atoms with E-state index in [0.717, 1.165) is 40.5 Å². The van der Waals surface area contributed by atoms with E-state index in [1.54, 1.807) is 4.68 Å². The van der Waals surface area contributed by atoms with Crippen LogP contribution in [0.15, 0.2) is 23.0 Å². The summed E-state index contributed by atoms with van der Waals surface area (Å²) in [5, 5.41) is 6.65. The molecule has 5 heteroatoms. The van der Waals surface area contributed by atoms with Crippen molar-refractivity contribution in [3.05, 3.63) is 39.8 Å². The van der Waals surface area contributed by atoms with Crippen LogP contribution in [0, 0.1) is 13.8 Å². The Morgan fingerprint density at radius 2 is 1.96 bits per heavy atom. The molecule has 0 aliphatic heterocycles. The van der Waals surface area contributed by atoms with Gasteiger partial charge in [0.2, 0.25) is 0 Å². The Bertz CT molecular complexity index is 934. The number of hydrogen-bond acceptors (Lipinski definition) is 3. The maximum absolute atomic E-state index is 12.9. The summed E-state index contributed by atoms with van der Waals surface area (Å²) >= 11 is 0. The Morgan fingerprint density at radius 1 is 1.22 bits per heavy atom. The molecule has 0 saturated carbocycles. The van der Waals surface area contributed by atoms with Gasteiger partial charge in [0, 0.05) is 29.9 Å². The summed E-state index contributed by atoms with van der Waals surface area (Å²) in [6.45, 7) is 5.65. The molecule has 2 heterocycles. The highest BCUT2D eigenvalue weighted by Crippen LogP contribution is 2.28. The van der Waals surface area contributed by atoms with E-state index in [9.17, 15) is 4.79 Å². The fourth-order valence-corrected chi connectivity index (χ4v) is 3.25. The van der Waals surface area contributed by atoms with Crippen LogP contribution < -0.4 is 5.56 Å².